The van der Waals surface area contributed by atoms with Crippen molar-refractivity contribution < 1.29 is 4.79 Å². The van der Waals surface area contributed by atoms with Crippen molar-refractivity contribution in [1.29, 1.82) is 0 Å². The predicted molar refractivity (Wildman–Crippen MR) is 94.6 cm³/mol. The molecule has 7 fully saturated rings. The number of nitrogens with zero attached hydrogens (tertiary/aromatic N) is 2. The summed E-state index contributed by atoms with van der Waals surface area (Å²) in [5, 5.41) is 4.65. The minimum Gasteiger partial charge on any atom is -0.298 e. The van der Waals surface area contributed by atoms with Crippen LogP contribution in [0.2, 0.25) is 0 Å². The standard InChI is InChI=1S/C20H31N3O/c1-2-19-8-14-7-15(9-19)11-20(10-14,13-19)18(24)22-21-17-12-23-5-3-16(17)4-6-23/h14-16H,2-13H2,1H3,(H,22,24). The molecule has 0 aromatic rings. The molecule has 3 aliphatic heterocycles. The normalized spacial score (nSPS) is 50.5. The number of carbonyl (C=O) groups is 1. The van der Waals surface area contributed by atoms with Gasteiger partial charge >= 0.3 is 0 Å². The Kier molecular flexibility index (Phi) is 3.39. The van der Waals surface area contributed by atoms with Gasteiger partial charge in [-0.25, -0.2) is 5.43 Å². The summed E-state index contributed by atoms with van der Waals surface area (Å²) in [7, 11) is 0. The van der Waals surface area contributed by atoms with Crippen LogP contribution in [-0.2, 0) is 4.79 Å². The summed E-state index contributed by atoms with van der Waals surface area (Å²) in [6, 6.07) is 0. The highest BCUT2D eigenvalue weighted by atomic mass is 16.2. The number of hydrogen-bond acceptors (Lipinski definition) is 3. The molecule has 4 heteroatoms. The lowest BCUT2D eigenvalue weighted by Crippen LogP contribution is -2.57. The number of rotatable bonds is 3. The Morgan fingerprint density at radius 3 is 2.50 bits per heavy atom. The Morgan fingerprint density at radius 1 is 1.21 bits per heavy atom. The maximum Gasteiger partial charge on any atom is 0.246 e. The van der Waals surface area contributed by atoms with Crippen LogP contribution in [0.3, 0.4) is 0 Å². The molecule has 24 heavy (non-hydrogen) atoms. The topological polar surface area (TPSA) is 44.7 Å². The Bertz CT molecular complexity index is 561. The first-order valence-electron chi connectivity index (χ1n) is 10.2. The van der Waals surface area contributed by atoms with E-state index in [4.69, 9.17) is 0 Å². The Balaban J connectivity index is 1.34. The van der Waals surface area contributed by atoms with Crippen LogP contribution in [0.4, 0.5) is 0 Å². The van der Waals surface area contributed by atoms with Gasteiger partial charge in [0, 0.05) is 12.5 Å². The molecule has 2 atom stereocenters. The predicted octanol–water partition coefficient (Wildman–Crippen LogP) is 3.18. The van der Waals surface area contributed by atoms with Crippen LogP contribution in [0.5, 0.6) is 0 Å². The number of carbonyl (C=O) groups excluding carboxylic acids is 1. The number of fused-ring (bicyclic) bond motifs is 3. The third kappa shape index (κ3) is 2.28. The summed E-state index contributed by atoms with van der Waals surface area (Å²) in [4.78, 5) is 15.6. The molecule has 4 aliphatic carbocycles. The number of hydrogen-bond donors (Lipinski definition) is 1. The molecule has 3 heterocycles. The zero-order valence-corrected chi connectivity index (χ0v) is 15.0. The molecule has 7 aliphatic rings. The summed E-state index contributed by atoms with van der Waals surface area (Å²) in [5.41, 5.74) is 4.65. The zero-order valence-electron chi connectivity index (χ0n) is 15.0. The molecule has 0 radical (unpaired) electrons. The first-order chi connectivity index (χ1) is 11.6. The average molecular weight is 329 g/mol. The largest absolute Gasteiger partial charge is 0.298 e. The molecule has 6 bridgehead atoms. The maximum absolute atomic E-state index is 13.2. The molecule has 1 N–H and O–H groups in total. The van der Waals surface area contributed by atoms with Crippen molar-refractivity contribution in [2.75, 3.05) is 19.6 Å². The van der Waals surface area contributed by atoms with E-state index in [9.17, 15) is 4.79 Å². The lowest BCUT2D eigenvalue weighted by Gasteiger charge is -2.61. The van der Waals surface area contributed by atoms with Crippen molar-refractivity contribution in [1.82, 2.24) is 10.3 Å². The van der Waals surface area contributed by atoms with Crippen molar-refractivity contribution in [3.8, 4) is 0 Å². The number of piperidine rings is 3. The molecule has 1 amide bonds. The van der Waals surface area contributed by atoms with E-state index < -0.39 is 0 Å². The van der Waals surface area contributed by atoms with Crippen LogP contribution in [0.1, 0.15) is 64.7 Å². The summed E-state index contributed by atoms with van der Waals surface area (Å²) >= 11 is 0. The molecule has 0 aromatic carbocycles. The maximum atomic E-state index is 13.2. The van der Waals surface area contributed by atoms with E-state index in [1.54, 1.807) is 0 Å². The van der Waals surface area contributed by atoms with Gasteiger partial charge in [0.25, 0.3) is 0 Å². The lowest BCUT2D eigenvalue weighted by molar-refractivity contribution is -0.157. The van der Waals surface area contributed by atoms with Crippen LogP contribution in [0.15, 0.2) is 5.10 Å². The van der Waals surface area contributed by atoms with Crippen LogP contribution in [-0.4, -0.2) is 36.2 Å². The molecule has 0 spiro atoms. The fourth-order valence-corrected chi connectivity index (χ4v) is 7.28. The van der Waals surface area contributed by atoms with E-state index in [-0.39, 0.29) is 11.3 Å². The second-order valence-electron chi connectivity index (χ2n) is 9.69. The third-order valence-corrected chi connectivity index (χ3v) is 8.16. The number of hydrazone groups is 1. The van der Waals surface area contributed by atoms with Crippen molar-refractivity contribution >= 4 is 11.6 Å². The van der Waals surface area contributed by atoms with Crippen LogP contribution in [0.25, 0.3) is 0 Å². The van der Waals surface area contributed by atoms with Gasteiger partial charge in [0.05, 0.1) is 11.1 Å². The van der Waals surface area contributed by atoms with Gasteiger partial charge in [-0.1, -0.05) is 13.3 Å². The van der Waals surface area contributed by atoms with E-state index in [1.807, 2.05) is 0 Å². The molecule has 132 valence electrons. The first kappa shape index (κ1) is 15.4. The Labute approximate surface area is 145 Å². The van der Waals surface area contributed by atoms with Crippen molar-refractivity contribution in [3.63, 3.8) is 0 Å². The molecule has 2 unspecified atom stereocenters. The quantitative estimate of drug-likeness (QED) is 0.808. The molecular weight excluding hydrogens is 298 g/mol. The first-order valence-corrected chi connectivity index (χ1v) is 10.2. The second-order valence-corrected chi connectivity index (χ2v) is 9.69. The highest BCUT2D eigenvalue weighted by molar-refractivity contribution is 5.92. The minimum absolute atomic E-state index is 0.0991. The van der Waals surface area contributed by atoms with Crippen LogP contribution in [0, 0.1) is 28.6 Å². The molecule has 4 nitrogen and oxygen atoms in total. The fourth-order valence-electron chi connectivity index (χ4n) is 7.28. The molecule has 3 saturated heterocycles. The van der Waals surface area contributed by atoms with Gasteiger partial charge in [-0.3, -0.25) is 9.69 Å². The second kappa shape index (κ2) is 5.30. The van der Waals surface area contributed by atoms with Gasteiger partial charge < -0.3 is 0 Å². The smallest absolute Gasteiger partial charge is 0.246 e. The van der Waals surface area contributed by atoms with Gasteiger partial charge in [-0.05, 0) is 81.7 Å². The Hall–Kier alpha value is -0.900. The zero-order chi connectivity index (χ0) is 16.4. The molecular formula is C20H31N3O. The van der Waals surface area contributed by atoms with E-state index >= 15 is 0 Å². The summed E-state index contributed by atoms with van der Waals surface area (Å²) in [6.45, 7) is 5.74. The van der Waals surface area contributed by atoms with E-state index in [1.165, 1.54) is 57.3 Å². The van der Waals surface area contributed by atoms with Gasteiger partial charge in [0.2, 0.25) is 5.91 Å². The van der Waals surface area contributed by atoms with E-state index in [0.717, 1.165) is 37.6 Å². The molecule has 7 rings (SSSR count). The average Bonchev–Trinajstić information content (AvgIpc) is 2.59. The number of amides is 1. The highest BCUT2D eigenvalue weighted by Crippen LogP contribution is 2.66. The monoisotopic (exact) mass is 329 g/mol. The van der Waals surface area contributed by atoms with Crippen molar-refractivity contribution in [2.45, 2.75) is 64.7 Å². The lowest BCUT2D eigenvalue weighted by atomic mass is 9.43. The third-order valence-electron chi connectivity index (χ3n) is 8.16. The SMILES string of the molecule is CCC12CC3CC(C1)CC(C(=O)NN=C1CN4CCC1CC4)(C3)C2. The number of nitrogens with one attached hydrogen (secondary N) is 1. The van der Waals surface area contributed by atoms with Crippen LogP contribution >= 0.6 is 0 Å². The molecule has 4 saturated carbocycles. The van der Waals surface area contributed by atoms with Crippen LogP contribution < -0.4 is 5.43 Å². The van der Waals surface area contributed by atoms with Gasteiger partial charge in [-0.15, -0.1) is 0 Å². The molecule has 0 aromatic heterocycles. The fraction of sp³-hybridized carbons (Fsp3) is 0.900. The van der Waals surface area contributed by atoms with E-state index in [0.29, 0.717) is 11.3 Å². The van der Waals surface area contributed by atoms with Crippen molar-refractivity contribution in [2.24, 2.45) is 33.7 Å². The summed E-state index contributed by atoms with van der Waals surface area (Å²) < 4.78 is 0. The Morgan fingerprint density at radius 2 is 1.92 bits per heavy atom. The minimum atomic E-state index is -0.0991. The van der Waals surface area contributed by atoms with Gasteiger partial charge in [-0.2, -0.15) is 5.10 Å². The van der Waals surface area contributed by atoms with Crippen molar-refractivity contribution in [3.05, 3.63) is 0 Å². The van der Waals surface area contributed by atoms with Gasteiger partial charge in [0.15, 0.2) is 0 Å². The summed E-state index contributed by atoms with van der Waals surface area (Å²) in [6.07, 6.45) is 11.2. The highest BCUT2D eigenvalue weighted by Gasteiger charge is 2.59. The van der Waals surface area contributed by atoms with Gasteiger partial charge in [0.1, 0.15) is 0 Å². The summed E-state index contributed by atoms with van der Waals surface area (Å²) in [5.74, 6) is 2.45. The van der Waals surface area contributed by atoms with E-state index in [2.05, 4.69) is 22.4 Å².